The SMILES string of the molecule is Cc1c(C(Cc2cccc(Cl)c2Cl)NN)cnn1C. The van der Waals surface area contributed by atoms with Crippen LogP contribution in [0.25, 0.3) is 0 Å². The molecule has 0 aliphatic carbocycles. The lowest BCUT2D eigenvalue weighted by Crippen LogP contribution is -2.30. The van der Waals surface area contributed by atoms with E-state index >= 15 is 0 Å². The van der Waals surface area contributed by atoms with Gasteiger partial charge in [0.2, 0.25) is 0 Å². The Morgan fingerprint density at radius 2 is 2.16 bits per heavy atom. The molecule has 0 amide bonds. The smallest absolute Gasteiger partial charge is 0.0624 e. The van der Waals surface area contributed by atoms with Crippen molar-refractivity contribution in [2.45, 2.75) is 19.4 Å². The second-order valence-corrected chi connectivity index (χ2v) is 5.23. The fraction of sp³-hybridized carbons (Fsp3) is 0.308. The predicted octanol–water partition coefficient (Wildman–Crippen LogP) is 2.78. The molecule has 6 heteroatoms. The van der Waals surface area contributed by atoms with Crippen LogP contribution in [0.15, 0.2) is 24.4 Å². The van der Waals surface area contributed by atoms with E-state index in [0.29, 0.717) is 16.5 Å². The lowest BCUT2D eigenvalue weighted by atomic mass is 10.00. The van der Waals surface area contributed by atoms with Crippen molar-refractivity contribution in [1.82, 2.24) is 15.2 Å². The highest BCUT2D eigenvalue weighted by Gasteiger charge is 2.17. The van der Waals surface area contributed by atoms with E-state index in [-0.39, 0.29) is 6.04 Å². The first kappa shape index (κ1) is 14.3. The van der Waals surface area contributed by atoms with Crippen molar-refractivity contribution in [3.63, 3.8) is 0 Å². The van der Waals surface area contributed by atoms with E-state index in [4.69, 9.17) is 29.0 Å². The van der Waals surface area contributed by atoms with Gasteiger partial charge < -0.3 is 0 Å². The van der Waals surface area contributed by atoms with Crippen molar-refractivity contribution in [2.75, 3.05) is 0 Å². The van der Waals surface area contributed by atoms with E-state index in [1.807, 2.05) is 37.0 Å². The van der Waals surface area contributed by atoms with E-state index in [0.717, 1.165) is 16.8 Å². The van der Waals surface area contributed by atoms with E-state index < -0.39 is 0 Å². The fourth-order valence-corrected chi connectivity index (χ4v) is 2.44. The number of hydrazine groups is 1. The summed E-state index contributed by atoms with van der Waals surface area (Å²) in [4.78, 5) is 0. The molecule has 2 rings (SSSR count). The quantitative estimate of drug-likeness (QED) is 0.674. The van der Waals surface area contributed by atoms with Crippen molar-refractivity contribution in [3.05, 3.63) is 51.3 Å². The molecule has 0 saturated heterocycles. The number of aryl methyl sites for hydroxylation is 1. The third kappa shape index (κ3) is 2.92. The average molecular weight is 299 g/mol. The number of nitrogens with two attached hydrogens (primary N) is 1. The van der Waals surface area contributed by atoms with Crippen LogP contribution in [0, 0.1) is 6.92 Å². The van der Waals surface area contributed by atoms with Crippen LogP contribution in [-0.4, -0.2) is 9.78 Å². The summed E-state index contributed by atoms with van der Waals surface area (Å²) in [6.07, 6.45) is 2.47. The van der Waals surface area contributed by atoms with Crippen molar-refractivity contribution in [3.8, 4) is 0 Å². The van der Waals surface area contributed by atoms with E-state index in [2.05, 4.69) is 10.5 Å². The first-order chi connectivity index (χ1) is 9.04. The van der Waals surface area contributed by atoms with Crippen LogP contribution in [0.3, 0.4) is 0 Å². The molecule has 102 valence electrons. The monoisotopic (exact) mass is 298 g/mol. The van der Waals surface area contributed by atoms with Gasteiger partial charge in [-0.15, -0.1) is 0 Å². The standard InChI is InChI=1S/C13H16Cl2N4/c1-8-10(7-17-19(8)2)12(18-16)6-9-4-3-5-11(14)13(9)15/h3-5,7,12,18H,6,16H2,1-2H3. The molecule has 0 bridgehead atoms. The minimum atomic E-state index is -0.0512. The molecule has 1 aromatic carbocycles. The third-order valence-corrected chi connectivity index (χ3v) is 4.16. The molecule has 1 unspecified atom stereocenters. The molecule has 0 aliphatic rings. The summed E-state index contributed by atoms with van der Waals surface area (Å²) in [6, 6.07) is 5.55. The molecular formula is C13H16Cl2N4. The number of hydrogen-bond donors (Lipinski definition) is 2. The number of nitrogens with zero attached hydrogens (tertiary/aromatic N) is 2. The minimum Gasteiger partial charge on any atom is -0.273 e. The number of hydrogen-bond acceptors (Lipinski definition) is 3. The molecule has 4 nitrogen and oxygen atoms in total. The summed E-state index contributed by atoms with van der Waals surface area (Å²) in [5, 5.41) is 5.36. The maximum atomic E-state index is 6.21. The Balaban J connectivity index is 2.29. The first-order valence-corrected chi connectivity index (χ1v) is 6.67. The van der Waals surface area contributed by atoms with Crippen molar-refractivity contribution < 1.29 is 0 Å². The molecule has 0 radical (unpaired) electrons. The lowest BCUT2D eigenvalue weighted by Gasteiger charge is -2.17. The van der Waals surface area contributed by atoms with Gasteiger partial charge in [-0.05, 0) is 25.0 Å². The van der Waals surface area contributed by atoms with Crippen LogP contribution in [0.4, 0.5) is 0 Å². The van der Waals surface area contributed by atoms with Gasteiger partial charge >= 0.3 is 0 Å². The van der Waals surface area contributed by atoms with Crippen LogP contribution >= 0.6 is 23.2 Å². The molecule has 0 fully saturated rings. The molecule has 1 heterocycles. The highest BCUT2D eigenvalue weighted by atomic mass is 35.5. The molecule has 0 saturated carbocycles. The maximum absolute atomic E-state index is 6.21. The Bertz CT molecular complexity index is 580. The fourth-order valence-electron chi connectivity index (χ4n) is 2.04. The van der Waals surface area contributed by atoms with Gasteiger partial charge in [0.1, 0.15) is 0 Å². The number of aromatic nitrogens is 2. The number of rotatable bonds is 4. The molecule has 2 aromatic rings. The van der Waals surface area contributed by atoms with Gasteiger partial charge in [0.05, 0.1) is 22.3 Å². The van der Waals surface area contributed by atoms with Crippen LogP contribution < -0.4 is 11.3 Å². The summed E-state index contributed by atoms with van der Waals surface area (Å²) in [5.74, 6) is 5.66. The summed E-state index contributed by atoms with van der Waals surface area (Å²) in [5.41, 5.74) is 5.90. The van der Waals surface area contributed by atoms with Crippen molar-refractivity contribution in [2.24, 2.45) is 12.9 Å². The third-order valence-electron chi connectivity index (χ3n) is 3.31. The minimum absolute atomic E-state index is 0.0512. The van der Waals surface area contributed by atoms with E-state index in [9.17, 15) is 0 Å². The molecule has 0 aliphatic heterocycles. The van der Waals surface area contributed by atoms with Gasteiger partial charge in [-0.3, -0.25) is 16.0 Å². The highest BCUT2D eigenvalue weighted by molar-refractivity contribution is 6.42. The molecule has 0 spiro atoms. The first-order valence-electron chi connectivity index (χ1n) is 5.92. The predicted molar refractivity (Wildman–Crippen MR) is 78.2 cm³/mol. The highest BCUT2D eigenvalue weighted by Crippen LogP contribution is 2.29. The Labute approximate surface area is 122 Å². The zero-order valence-electron chi connectivity index (χ0n) is 10.8. The van der Waals surface area contributed by atoms with Gasteiger partial charge in [-0.25, -0.2) is 0 Å². The number of nitrogens with one attached hydrogen (secondary N) is 1. The summed E-state index contributed by atoms with van der Waals surface area (Å²) < 4.78 is 1.82. The van der Waals surface area contributed by atoms with Crippen LogP contribution in [-0.2, 0) is 13.5 Å². The summed E-state index contributed by atoms with van der Waals surface area (Å²) >= 11 is 12.2. The summed E-state index contributed by atoms with van der Waals surface area (Å²) in [7, 11) is 1.90. The average Bonchev–Trinajstić information content (AvgIpc) is 2.72. The topological polar surface area (TPSA) is 55.9 Å². The van der Waals surface area contributed by atoms with Crippen LogP contribution in [0.1, 0.15) is 22.9 Å². The van der Waals surface area contributed by atoms with Crippen molar-refractivity contribution in [1.29, 1.82) is 0 Å². The molecular weight excluding hydrogens is 283 g/mol. The molecule has 1 aromatic heterocycles. The Morgan fingerprint density at radius 3 is 2.74 bits per heavy atom. The second-order valence-electron chi connectivity index (χ2n) is 4.45. The van der Waals surface area contributed by atoms with Gasteiger partial charge in [-0.1, -0.05) is 35.3 Å². The van der Waals surface area contributed by atoms with Crippen molar-refractivity contribution >= 4 is 23.2 Å². The zero-order valence-corrected chi connectivity index (χ0v) is 12.3. The largest absolute Gasteiger partial charge is 0.273 e. The van der Waals surface area contributed by atoms with Crippen LogP contribution in [0.2, 0.25) is 10.0 Å². The zero-order chi connectivity index (χ0) is 14.0. The molecule has 3 N–H and O–H groups in total. The number of benzene rings is 1. The van der Waals surface area contributed by atoms with E-state index in [1.165, 1.54) is 0 Å². The van der Waals surface area contributed by atoms with E-state index in [1.54, 1.807) is 6.07 Å². The Morgan fingerprint density at radius 1 is 1.42 bits per heavy atom. The molecule has 19 heavy (non-hydrogen) atoms. The van der Waals surface area contributed by atoms with Gasteiger partial charge in [0, 0.05) is 18.3 Å². The van der Waals surface area contributed by atoms with Gasteiger partial charge in [0.25, 0.3) is 0 Å². The Kier molecular flexibility index (Phi) is 4.47. The number of halogens is 2. The van der Waals surface area contributed by atoms with Crippen LogP contribution in [0.5, 0.6) is 0 Å². The molecule has 1 atom stereocenters. The maximum Gasteiger partial charge on any atom is 0.0624 e. The Hall–Kier alpha value is -1.07. The second kappa shape index (κ2) is 5.92. The normalized spacial score (nSPS) is 12.7. The summed E-state index contributed by atoms with van der Waals surface area (Å²) in [6.45, 7) is 2.01. The van der Waals surface area contributed by atoms with Gasteiger partial charge in [-0.2, -0.15) is 5.10 Å². The van der Waals surface area contributed by atoms with Gasteiger partial charge in [0.15, 0.2) is 0 Å². The lowest BCUT2D eigenvalue weighted by molar-refractivity contribution is 0.548.